The standard InChI is InChI=1S/C14H18F2N2O/c1-14(2)3-5-18(6-4-14)13(19)9-7-10(15)12(17)11(16)8-9/h7-8H,3-6,17H2,1-2H3. The molecule has 1 aliphatic rings. The molecule has 1 fully saturated rings. The van der Waals surface area contributed by atoms with Crippen LogP contribution in [0.2, 0.25) is 0 Å². The van der Waals surface area contributed by atoms with Crippen molar-refractivity contribution in [3.8, 4) is 0 Å². The summed E-state index contributed by atoms with van der Waals surface area (Å²) >= 11 is 0. The molecule has 1 amide bonds. The third-order valence-corrected chi connectivity index (χ3v) is 3.73. The van der Waals surface area contributed by atoms with Crippen LogP contribution in [0.5, 0.6) is 0 Å². The average molecular weight is 268 g/mol. The zero-order valence-electron chi connectivity index (χ0n) is 11.2. The Hall–Kier alpha value is -1.65. The van der Waals surface area contributed by atoms with Gasteiger partial charge in [-0.2, -0.15) is 0 Å². The van der Waals surface area contributed by atoms with Crippen LogP contribution in [-0.2, 0) is 0 Å². The lowest BCUT2D eigenvalue weighted by molar-refractivity contribution is 0.0629. The van der Waals surface area contributed by atoms with Crippen molar-refractivity contribution in [1.82, 2.24) is 4.90 Å². The Balaban J connectivity index is 2.17. The Morgan fingerprint density at radius 2 is 1.68 bits per heavy atom. The van der Waals surface area contributed by atoms with Crippen molar-refractivity contribution >= 4 is 11.6 Å². The minimum absolute atomic E-state index is 0.0175. The first kappa shape index (κ1) is 13.8. The molecule has 2 rings (SSSR count). The van der Waals surface area contributed by atoms with E-state index in [1.54, 1.807) is 4.90 Å². The molecule has 1 aliphatic heterocycles. The lowest BCUT2D eigenvalue weighted by Crippen LogP contribution is -2.41. The highest BCUT2D eigenvalue weighted by atomic mass is 19.1. The number of piperidine rings is 1. The Morgan fingerprint density at radius 1 is 1.21 bits per heavy atom. The molecular formula is C14H18F2N2O. The molecule has 5 heteroatoms. The number of amides is 1. The van der Waals surface area contributed by atoms with Gasteiger partial charge in [0.1, 0.15) is 17.3 Å². The van der Waals surface area contributed by atoms with Gasteiger partial charge in [-0.15, -0.1) is 0 Å². The van der Waals surface area contributed by atoms with Crippen LogP contribution in [0, 0.1) is 17.0 Å². The van der Waals surface area contributed by atoms with Crippen molar-refractivity contribution in [3.05, 3.63) is 29.3 Å². The van der Waals surface area contributed by atoms with E-state index < -0.39 is 17.3 Å². The molecule has 104 valence electrons. The number of nitrogens with two attached hydrogens (primary N) is 1. The predicted molar refractivity (Wildman–Crippen MR) is 69.7 cm³/mol. The maximum Gasteiger partial charge on any atom is 0.254 e. The summed E-state index contributed by atoms with van der Waals surface area (Å²) in [5, 5.41) is 0. The van der Waals surface area contributed by atoms with Gasteiger partial charge in [-0.05, 0) is 30.4 Å². The van der Waals surface area contributed by atoms with Gasteiger partial charge in [-0.1, -0.05) is 13.8 Å². The lowest BCUT2D eigenvalue weighted by atomic mass is 9.82. The van der Waals surface area contributed by atoms with Gasteiger partial charge in [0.2, 0.25) is 0 Å². The van der Waals surface area contributed by atoms with Crippen LogP contribution in [0.15, 0.2) is 12.1 Å². The SMILES string of the molecule is CC1(C)CCN(C(=O)c2cc(F)c(N)c(F)c2)CC1. The van der Waals surface area contributed by atoms with Crippen LogP contribution in [-0.4, -0.2) is 23.9 Å². The van der Waals surface area contributed by atoms with E-state index in [1.807, 2.05) is 0 Å². The zero-order valence-corrected chi connectivity index (χ0v) is 11.2. The fourth-order valence-electron chi connectivity index (χ4n) is 2.21. The molecule has 19 heavy (non-hydrogen) atoms. The molecule has 3 nitrogen and oxygen atoms in total. The van der Waals surface area contributed by atoms with E-state index in [0.717, 1.165) is 25.0 Å². The largest absolute Gasteiger partial charge is 0.394 e. The number of carbonyl (C=O) groups is 1. The van der Waals surface area contributed by atoms with Crippen molar-refractivity contribution in [1.29, 1.82) is 0 Å². The summed E-state index contributed by atoms with van der Waals surface area (Å²) < 4.78 is 26.7. The molecule has 0 aliphatic carbocycles. The van der Waals surface area contributed by atoms with Crippen molar-refractivity contribution in [2.45, 2.75) is 26.7 Å². The monoisotopic (exact) mass is 268 g/mol. The molecule has 0 unspecified atom stereocenters. The Labute approximate surface area is 111 Å². The van der Waals surface area contributed by atoms with Gasteiger partial charge in [-0.3, -0.25) is 4.79 Å². The Kier molecular flexibility index (Phi) is 3.47. The average Bonchev–Trinajstić information content (AvgIpc) is 2.34. The van der Waals surface area contributed by atoms with E-state index in [1.165, 1.54) is 0 Å². The minimum atomic E-state index is -0.888. The van der Waals surface area contributed by atoms with Crippen molar-refractivity contribution in [3.63, 3.8) is 0 Å². The van der Waals surface area contributed by atoms with E-state index in [2.05, 4.69) is 13.8 Å². The van der Waals surface area contributed by atoms with Crippen LogP contribution in [0.3, 0.4) is 0 Å². The fraction of sp³-hybridized carbons (Fsp3) is 0.500. The summed E-state index contributed by atoms with van der Waals surface area (Å²) in [6, 6.07) is 2.00. The second-order valence-corrected chi connectivity index (χ2v) is 5.81. The van der Waals surface area contributed by atoms with Gasteiger partial charge in [0, 0.05) is 18.7 Å². The van der Waals surface area contributed by atoms with Crippen molar-refractivity contribution < 1.29 is 13.6 Å². The molecule has 1 heterocycles. The number of benzene rings is 1. The number of nitrogen functional groups attached to an aromatic ring is 1. The summed E-state index contributed by atoms with van der Waals surface area (Å²) in [5.41, 5.74) is 4.88. The molecule has 0 atom stereocenters. The second kappa shape index (κ2) is 4.79. The van der Waals surface area contributed by atoms with E-state index in [-0.39, 0.29) is 16.9 Å². The molecule has 0 bridgehead atoms. The van der Waals surface area contributed by atoms with E-state index in [4.69, 9.17) is 5.73 Å². The zero-order chi connectivity index (χ0) is 14.2. The van der Waals surface area contributed by atoms with Crippen LogP contribution < -0.4 is 5.73 Å². The first-order chi connectivity index (χ1) is 8.80. The van der Waals surface area contributed by atoms with Crippen molar-refractivity contribution in [2.75, 3.05) is 18.8 Å². The van der Waals surface area contributed by atoms with Gasteiger partial charge < -0.3 is 10.6 Å². The molecular weight excluding hydrogens is 250 g/mol. The first-order valence-corrected chi connectivity index (χ1v) is 6.34. The number of hydrogen-bond acceptors (Lipinski definition) is 2. The second-order valence-electron chi connectivity index (χ2n) is 5.81. The summed E-state index contributed by atoms with van der Waals surface area (Å²) in [6.07, 6.45) is 1.78. The van der Waals surface area contributed by atoms with E-state index >= 15 is 0 Å². The minimum Gasteiger partial charge on any atom is -0.394 e. The lowest BCUT2D eigenvalue weighted by Gasteiger charge is -2.37. The normalized spacial score (nSPS) is 18.4. The molecule has 2 N–H and O–H groups in total. The van der Waals surface area contributed by atoms with Crippen LogP contribution in [0.25, 0.3) is 0 Å². The Morgan fingerprint density at radius 3 is 2.16 bits per heavy atom. The number of nitrogens with zero attached hydrogens (tertiary/aromatic N) is 1. The van der Waals surface area contributed by atoms with E-state index in [9.17, 15) is 13.6 Å². The van der Waals surface area contributed by atoms with E-state index in [0.29, 0.717) is 13.1 Å². The number of rotatable bonds is 1. The van der Waals surface area contributed by atoms with Crippen LogP contribution in [0.4, 0.5) is 14.5 Å². The molecule has 0 saturated carbocycles. The van der Waals surface area contributed by atoms with Gasteiger partial charge in [0.15, 0.2) is 0 Å². The highest BCUT2D eigenvalue weighted by Crippen LogP contribution is 2.30. The number of halogens is 2. The smallest absolute Gasteiger partial charge is 0.254 e. The number of hydrogen-bond donors (Lipinski definition) is 1. The quantitative estimate of drug-likeness (QED) is 0.796. The fourth-order valence-corrected chi connectivity index (χ4v) is 2.21. The van der Waals surface area contributed by atoms with Gasteiger partial charge in [-0.25, -0.2) is 8.78 Å². The Bertz CT molecular complexity index is 481. The van der Waals surface area contributed by atoms with Crippen LogP contribution in [0.1, 0.15) is 37.0 Å². The highest BCUT2D eigenvalue weighted by Gasteiger charge is 2.28. The van der Waals surface area contributed by atoms with Crippen LogP contribution >= 0.6 is 0 Å². The summed E-state index contributed by atoms with van der Waals surface area (Å²) in [5.74, 6) is -2.12. The molecule has 1 aromatic carbocycles. The number of anilines is 1. The van der Waals surface area contributed by atoms with Gasteiger partial charge in [0.05, 0.1) is 0 Å². The maximum atomic E-state index is 13.4. The third-order valence-electron chi connectivity index (χ3n) is 3.73. The number of likely N-dealkylation sites (tertiary alicyclic amines) is 1. The molecule has 1 aromatic rings. The summed E-state index contributed by atoms with van der Waals surface area (Å²) in [4.78, 5) is 13.8. The van der Waals surface area contributed by atoms with Gasteiger partial charge in [0.25, 0.3) is 5.91 Å². The maximum absolute atomic E-state index is 13.4. The first-order valence-electron chi connectivity index (χ1n) is 6.34. The molecule has 0 radical (unpaired) electrons. The molecule has 0 spiro atoms. The molecule has 0 aromatic heterocycles. The highest BCUT2D eigenvalue weighted by molar-refractivity contribution is 5.94. The summed E-state index contributed by atoms with van der Waals surface area (Å²) in [7, 11) is 0. The summed E-state index contributed by atoms with van der Waals surface area (Å²) in [6.45, 7) is 5.52. The molecule has 1 saturated heterocycles. The predicted octanol–water partition coefficient (Wildman–Crippen LogP) is 2.81. The van der Waals surface area contributed by atoms with Gasteiger partial charge >= 0.3 is 0 Å². The van der Waals surface area contributed by atoms with Crippen molar-refractivity contribution in [2.24, 2.45) is 5.41 Å². The topological polar surface area (TPSA) is 46.3 Å². The third kappa shape index (κ3) is 2.85. The number of carbonyl (C=O) groups excluding carboxylic acids is 1.